The molecular weight excluding hydrogens is 282 g/mol. The quantitative estimate of drug-likeness (QED) is 0.638. The monoisotopic (exact) mass is 293 g/mol. The van der Waals surface area contributed by atoms with Crippen LogP contribution in [0, 0.1) is 29.6 Å². The molecule has 104 valence electrons. The van der Waals surface area contributed by atoms with Gasteiger partial charge in [-0.05, 0) is 18.6 Å². The fraction of sp³-hybridized carbons (Fsp3) is 0.167. The lowest BCUT2D eigenvalue weighted by molar-refractivity contribution is 0.414. The first-order valence-corrected chi connectivity index (χ1v) is 6.70. The molecule has 0 spiro atoms. The van der Waals surface area contributed by atoms with E-state index >= 15 is 0 Å². The summed E-state index contributed by atoms with van der Waals surface area (Å²) in [5.41, 5.74) is 0.503. The van der Waals surface area contributed by atoms with Crippen LogP contribution in [0.3, 0.4) is 0 Å². The summed E-state index contributed by atoms with van der Waals surface area (Å²) < 4.78 is 36.4. The third-order valence-corrected chi connectivity index (χ3v) is 3.38. The third-order valence-electron chi connectivity index (χ3n) is 2.39. The van der Waals surface area contributed by atoms with Crippen LogP contribution in [0.25, 0.3) is 0 Å². The molecule has 7 nitrogen and oxygen atoms in total. The maximum Gasteiger partial charge on any atom is 0.294 e. The lowest BCUT2D eigenvalue weighted by atomic mass is 10.2. The van der Waals surface area contributed by atoms with E-state index in [9.17, 15) is 8.42 Å². The molecule has 0 saturated carbocycles. The number of anilines is 1. The van der Waals surface area contributed by atoms with Crippen molar-refractivity contribution in [1.82, 2.24) is 0 Å². The van der Waals surface area contributed by atoms with Gasteiger partial charge in [-0.25, -0.2) is 0 Å². The number of allylic oxidation sites excluding steroid dienone is 1. The highest BCUT2D eigenvalue weighted by Crippen LogP contribution is 2.30. The summed E-state index contributed by atoms with van der Waals surface area (Å²) >= 11 is 0. The van der Waals surface area contributed by atoms with Gasteiger partial charge in [0.25, 0.3) is 10.1 Å². The van der Waals surface area contributed by atoms with Crippen LogP contribution in [-0.4, -0.2) is 20.1 Å². The fourth-order valence-corrected chi connectivity index (χ4v) is 2.19. The zero-order chi connectivity index (χ0) is 15.3. The molecule has 0 heterocycles. The van der Waals surface area contributed by atoms with E-state index in [0.717, 1.165) is 6.07 Å². The van der Waals surface area contributed by atoms with Gasteiger partial charge < -0.3 is 10.1 Å². The number of methoxy groups -OCH3 is 1. The highest BCUT2D eigenvalue weighted by molar-refractivity contribution is 7.85. The largest absolute Gasteiger partial charge is 0.495 e. The zero-order valence-electron chi connectivity index (χ0n) is 10.7. The number of ether oxygens (including phenoxy) is 1. The van der Waals surface area contributed by atoms with Crippen LogP contribution in [-0.2, 0) is 10.1 Å². The molecule has 1 aromatic carbocycles. The Labute approximate surface area is 116 Å². The van der Waals surface area contributed by atoms with Crippen molar-refractivity contribution < 1.29 is 17.7 Å². The van der Waals surface area contributed by atoms with E-state index in [1.807, 2.05) is 0 Å². The molecule has 8 heteroatoms. The van der Waals surface area contributed by atoms with Gasteiger partial charge in [0.15, 0.2) is 0 Å². The smallest absolute Gasteiger partial charge is 0.294 e. The molecule has 0 fully saturated rings. The Bertz CT molecular complexity index is 723. The molecule has 0 aliphatic carbocycles. The summed E-state index contributed by atoms with van der Waals surface area (Å²) in [5.74, 6) is 0.148. The molecule has 20 heavy (non-hydrogen) atoms. The zero-order valence-corrected chi connectivity index (χ0v) is 11.5. The van der Waals surface area contributed by atoms with Crippen LogP contribution in [0.15, 0.2) is 28.8 Å². The average Bonchev–Trinajstić information content (AvgIpc) is 2.38. The summed E-state index contributed by atoms with van der Waals surface area (Å²) in [6.07, 6.45) is 1.17. The van der Waals surface area contributed by atoms with E-state index < -0.39 is 10.1 Å². The lowest BCUT2D eigenvalue weighted by Gasteiger charge is -2.12. The molecule has 0 aromatic heterocycles. The molecule has 0 unspecified atom stereocenters. The van der Waals surface area contributed by atoms with E-state index in [2.05, 4.69) is 5.32 Å². The van der Waals surface area contributed by atoms with Crippen LogP contribution >= 0.6 is 0 Å². The lowest BCUT2D eigenvalue weighted by Crippen LogP contribution is -2.03. The number of nitriles is 2. The van der Waals surface area contributed by atoms with E-state index in [-0.39, 0.29) is 16.2 Å². The number of nitrogens with zero attached hydrogens (tertiary/aromatic N) is 2. The standard InChI is InChI=1S/C12H11N3O4S/c1-8-3-10(15-7-9(5-13)6-14)11(19-2)4-12(8)20(16,17)18/h3-4,7,15H,1-2H3,(H,16,17,18). The minimum absolute atomic E-state index is 0.148. The SMILES string of the molecule is COc1cc(S(=O)(=O)O)c(C)cc1NC=C(C#N)C#N. The van der Waals surface area contributed by atoms with Crippen LogP contribution in [0.4, 0.5) is 5.69 Å². The van der Waals surface area contributed by atoms with E-state index in [1.54, 1.807) is 12.1 Å². The van der Waals surface area contributed by atoms with Gasteiger partial charge in [-0.3, -0.25) is 4.55 Å². The Balaban J connectivity index is 3.32. The van der Waals surface area contributed by atoms with Gasteiger partial charge in [-0.15, -0.1) is 0 Å². The Morgan fingerprint density at radius 2 is 2.00 bits per heavy atom. The molecule has 0 saturated heterocycles. The third kappa shape index (κ3) is 3.48. The minimum atomic E-state index is -4.35. The number of aryl methyl sites for hydroxylation is 1. The van der Waals surface area contributed by atoms with Crippen molar-refractivity contribution in [3.05, 3.63) is 29.5 Å². The van der Waals surface area contributed by atoms with Crippen molar-refractivity contribution in [2.45, 2.75) is 11.8 Å². The molecule has 0 aliphatic rings. The van der Waals surface area contributed by atoms with Gasteiger partial charge in [0.2, 0.25) is 0 Å². The number of benzene rings is 1. The van der Waals surface area contributed by atoms with Crippen molar-refractivity contribution in [3.8, 4) is 17.9 Å². The van der Waals surface area contributed by atoms with Gasteiger partial charge >= 0.3 is 0 Å². The van der Waals surface area contributed by atoms with Crippen LogP contribution in [0.5, 0.6) is 5.75 Å². The van der Waals surface area contributed by atoms with Crippen LogP contribution in [0.2, 0.25) is 0 Å². The summed E-state index contributed by atoms with van der Waals surface area (Å²) in [5, 5.41) is 19.9. The molecule has 1 aromatic rings. The first-order valence-electron chi connectivity index (χ1n) is 5.26. The van der Waals surface area contributed by atoms with Crippen molar-refractivity contribution in [1.29, 1.82) is 10.5 Å². The van der Waals surface area contributed by atoms with Gasteiger partial charge in [0.1, 0.15) is 28.4 Å². The summed E-state index contributed by atoms with van der Waals surface area (Å²) in [6.45, 7) is 1.49. The second-order valence-corrected chi connectivity index (χ2v) is 5.11. The van der Waals surface area contributed by atoms with E-state index in [1.165, 1.54) is 26.3 Å². The maximum absolute atomic E-state index is 11.2. The number of rotatable bonds is 4. The second kappa shape index (κ2) is 6.06. The predicted molar refractivity (Wildman–Crippen MR) is 70.5 cm³/mol. The summed E-state index contributed by atoms with van der Waals surface area (Å²) in [4.78, 5) is -0.273. The molecule has 2 N–H and O–H groups in total. The topological polar surface area (TPSA) is 123 Å². The predicted octanol–water partition coefficient (Wildman–Crippen LogP) is 1.59. The van der Waals surface area contributed by atoms with Gasteiger partial charge in [-0.1, -0.05) is 0 Å². The van der Waals surface area contributed by atoms with Crippen LogP contribution in [0.1, 0.15) is 5.56 Å². The second-order valence-electron chi connectivity index (χ2n) is 3.72. The van der Waals surface area contributed by atoms with E-state index in [4.69, 9.17) is 19.8 Å². The molecule has 0 aliphatic heterocycles. The van der Waals surface area contributed by atoms with Crippen molar-refractivity contribution >= 4 is 15.8 Å². The summed E-state index contributed by atoms with van der Waals surface area (Å²) in [6, 6.07) is 5.91. The highest BCUT2D eigenvalue weighted by atomic mass is 32.2. The minimum Gasteiger partial charge on any atom is -0.495 e. The Kier molecular flexibility index (Phi) is 4.70. The van der Waals surface area contributed by atoms with Crippen LogP contribution < -0.4 is 10.1 Å². The fourth-order valence-electron chi connectivity index (χ4n) is 1.47. The number of nitrogens with one attached hydrogen (secondary N) is 1. The van der Waals surface area contributed by atoms with Crippen molar-refractivity contribution in [2.75, 3.05) is 12.4 Å². The Morgan fingerprint density at radius 3 is 2.45 bits per heavy atom. The first kappa shape index (κ1) is 15.5. The van der Waals surface area contributed by atoms with Gasteiger partial charge in [0.05, 0.1) is 12.8 Å². The van der Waals surface area contributed by atoms with Gasteiger partial charge in [0, 0.05) is 12.3 Å². The number of hydrogen-bond acceptors (Lipinski definition) is 6. The normalized spacial score (nSPS) is 10.1. The average molecular weight is 293 g/mol. The van der Waals surface area contributed by atoms with E-state index in [0.29, 0.717) is 11.3 Å². The van der Waals surface area contributed by atoms with Crippen molar-refractivity contribution in [2.24, 2.45) is 0 Å². The Morgan fingerprint density at radius 1 is 1.40 bits per heavy atom. The molecule has 0 atom stereocenters. The Hall–Kier alpha value is -2.55. The molecule has 0 amide bonds. The molecule has 0 bridgehead atoms. The van der Waals surface area contributed by atoms with Crippen molar-refractivity contribution in [3.63, 3.8) is 0 Å². The first-order chi connectivity index (χ1) is 9.33. The molecule has 0 radical (unpaired) electrons. The molecule has 1 rings (SSSR count). The molecular formula is C12H11N3O4S. The summed E-state index contributed by atoms with van der Waals surface area (Å²) in [7, 11) is -3.03. The van der Waals surface area contributed by atoms with Gasteiger partial charge in [-0.2, -0.15) is 18.9 Å². The maximum atomic E-state index is 11.2. The number of hydrogen-bond donors (Lipinski definition) is 2. The highest BCUT2D eigenvalue weighted by Gasteiger charge is 2.17.